The molecule has 2 atom stereocenters. The standard InChI is InChI=1S/C12H13ClO2S/c1-8-6-7-12(8,11(14)15)16-10-5-3-2-4-9(10)13/h2-5,8H,6-7H2,1H3,(H,14,15). The highest BCUT2D eigenvalue weighted by Crippen LogP contribution is 2.52. The molecule has 0 aromatic heterocycles. The van der Waals surface area contributed by atoms with Crippen molar-refractivity contribution in [3.8, 4) is 0 Å². The Morgan fingerprint density at radius 3 is 2.69 bits per heavy atom. The number of hydrogen-bond donors (Lipinski definition) is 1. The molecule has 2 rings (SSSR count). The van der Waals surface area contributed by atoms with Gasteiger partial charge in [-0.3, -0.25) is 4.79 Å². The van der Waals surface area contributed by atoms with Gasteiger partial charge >= 0.3 is 5.97 Å². The molecule has 4 heteroatoms. The van der Waals surface area contributed by atoms with Gasteiger partial charge in [0.2, 0.25) is 0 Å². The molecular weight excluding hydrogens is 244 g/mol. The molecule has 1 aromatic carbocycles. The largest absolute Gasteiger partial charge is 0.480 e. The topological polar surface area (TPSA) is 37.3 Å². The summed E-state index contributed by atoms with van der Waals surface area (Å²) in [6, 6.07) is 7.41. The molecular formula is C12H13ClO2S. The van der Waals surface area contributed by atoms with E-state index in [1.165, 1.54) is 11.8 Å². The van der Waals surface area contributed by atoms with Crippen LogP contribution < -0.4 is 0 Å². The van der Waals surface area contributed by atoms with Crippen LogP contribution >= 0.6 is 23.4 Å². The van der Waals surface area contributed by atoms with Gasteiger partial charge in [-0.25, -0.2) is 0 Å². The SMILES string of the molecule is CC1CCC1(Sc1ccccc1Cl)C(=O)O. The van der Waals surface area contributed by atoms with Gasteiger partial charge in [0.15, 0.2) is 0 Å². The van der Waals surface area contributed by atoms with Crippen molar-refractivity contribution in [1.29, 1.82) is 0 Å². The minimum Gasteiger partial charge on any atom is -0.480 e. The quantitative estimate of drug-likeness (QED) is 0.896. The van der Waals surface area contributed by atoms with Crippen molar-refractivity contribution in [3.05, 3.63) is 29.3 Å². The van der Waals surface area contributed by atoms with E-state index in [1.54, 1.807) is 6.07 Å². The Morgan fingerprint density at radius 2 is 2.25 bits per heavy atom. The third-order valence-corrected chi connectivity index (χ3v) is 5.40. The lowest BCUT2D eigenvalue weighted by molar-refractivity contribution is -0.144. The minimum absolute atomic E-state index is 0.200. The number of thioether (sulfide) groups is 1. The summed E-state index contributed by atoms with van der Waals surface area (Å²) in [5.74, 6) is -0.526. The van der Waals surface area contributed by atoms with Gasteiger partial charge < -0.3 is 5.11 Å². The summed E-state index contributed by atoms with van der Waals surface area (Å²) in [6.45, 7) is 1.99. The van der Waals surface area contributed by atoms with Crippen molar-refractivity contribution in [2.24, 2.45) is 5.92 Å². The number of aliphatic carboxylic acids is 1. The molecule has 0 bridgehead atoms. The van der Waals surface area contributed by atoms with Crippen molar-refractivity contribution in [3.63, 3.8) is 0 Å². The van der Waals surface area contributed by atoms with E-state index in [4.69, 9.17) is 11.6 Å². The van der Waals surface area contributed by atoms with Crippen LogP contribution in [0.3, 0.4) is 0 Å². The van der Waals surface area contributed by atoms with Crippen LogP contribution in [-0.2, 0) is 4.79 Å². The third-order valence-electron chi connectivity index (χ3n) is 3.24. The van der Waals surface area contributed by atoms with Gasteiger partial charge in [0.1, 0.15) is 4.75 Å². The summed E-state index contributed by atoms with van der Waals surface area (Å²) in [4.78, 5) is 12.2. The number of hydrogen-bond acceptors (Lipinski definition) is 2. The average molecular weight is 257 g/mol. The molecule has 0 heterocycles. The molecule has 1 aliphatic carbocycles. The lowest BCUT2D eigenvalue weighted by atomic mass is 9.74. The summed E-state index contributed by atoms with van der Waals surface area (Å²) in [5, 5.41) is 9.97. The van der Waals surface area contributed by atoms with Gasteiger partial charge in [0, 0.05) is 4.90 Å². The Labute approximate surface area is 104 Å². The number of rotatable bonds is 3. The summed E-state index contributed by atoms with van der Waals surface area (Å²) in [6.07, 6.45) is 1.70. The maximum Gasteiger partial charge on any atom is 0.320 e. The number of carbonyl (C=O) groups is 1. The summed E-state index contributed by atoms with van der Waals surface area (Å²) < 4.78 is -0.676. The summed E-state index contributed by atoms with van der Waals surface area (Å²) >= 11 is 7.44. The summed E-state index contributed by atoms with van der Waals surface area (Å²) in [5.41, 5.74) is 0. The number of carboxylic acids is 1. The first-order valence-electron chi connectivity index (χ1n) is 5.23. The van der Waals surface area contributed by atoms with Gasteiger partial charge in [0.05, 0.1) is 5.02 Å². The number of benzene rings is 1. The van der Waals surface area contributed by atoms with Crippen LogP contribution in [0.2, 0.25) is 5.02 Å². The normalized spacial score (nSPS) is 28.5. The van der Waals surface area contributed by atoms with E-state index < -0.39 is 10.7 Å². The lowest BCUT2D eigenvalue weighted by Crippen LogP contribution is -2.49. The molecule has 0 radical (unpaired) electrons. The Bertz CT molecular complexity index is 421. The maximum atomic E-state index is 11.4. The zero-order chi connectivity index (χ0) is 11.8. The van der Waals surface area contributed by atoms with E-state index in [0.29, 0.717) is 5.02 Å². The fraction of sp³-hybridized carbons (Fsp3) is 0.417. The van der Waals surface area contributed by atoms with Crippen molar-refractivity contribution in [1.82, 2.24) is 0 Å². The van der Waals surface area contributed by atoms with Crippen LogP contribution in [0.1, 0.15) is 19.8 Å². The van der Waals surface area contributed by atoms with E-state index in [0.717, 1.165) is 17.7 Å². The Morgan fingerprint density at radius 1 is 1.56 bits per heavy atom. The molecule has 1 N–H and O–H groups in total. The van der Waals surface area contributed by atoms with Gasteiger partial charge in [0.25, 0.3) is 0 Å². The Balaban J connectivity index is 2.26. The van der Waals surface area contributed by atoms with E-state index in [-0.39, 0.29) is 5.92 Å². The van der Waals surface area contributed by atoms with E-state index in [2.05, 4.69) is 0 Å². The Kier molecular flexibility index (Phi) is 3.17. The second-order valence-corrected chi connectivity index (χ2v) is 5.95. The van der Waals surface area contributed by atoms with Gasteiger partial charge in [-0.1, -0.05) is 30.7 Å². The van der Waals surface area contributed by atoms with E-state index >= 15 is 0 Å². The van der Waals surface area contributed by atoms with Crippen LogP contribution in [0.5, 0.6) is 0 Å². The molecule has 1 aromatic rings. The van der Waals surface area contributed by atoms with Crippen LogP contribution in [0.4, 0.5) is 0 Å². The van der Waals surface area contributed by atoms with Crippen molar-refractivity contribution < 1.29 is 9.90 Å². The first kappa shape index (κ1) is 11.8. The maximum absolute atomic E-state index is 11.4. The number of halogens is 1. The van der Waals surface area contributed by atoms with Gasteiger partial charge in [-0.15, -0.1) is 11.8 Å². The third kappa shape index (κ3) is 1.82. The fourth-order valence-corrected chi connectivity index (χ4v) is 3.51. The molecule has 1 fully saturated rings. The lowest BCUT2D eigenvalue weighted by Gasteiger charge is -2.43. The molecule has 1 aliphatic rings. The van der Waals surface area contributed by atoms with Crippen molar-refractivity contribution in [2.75, 3.05) is 0 Å². The van der Waals surface area contributed by atoms with E-state index in [9.17, 15) is 9.90 Å². The minimum atomic E-state index is -0.726. The van der Waals surface area contributed by atoms with E-state index in [1.807, 2.05) is 25.1 Å². The highest BCUT2D eigenvalue weighted by atomic mass is 35.5. The van der Waals surface area contributed by atoms with Crippen molar-refractivity contribution >= 4 is 29.3 Å². The molecule has 0 saturated heterocycles. The fourth-order valence-electron chi connectivity index (χ4n) is 1.93. The average Bonchev–Trinajstić information content (AvgIpc) is 2.25. The molecule has 2 unspecified atom stereocenters. The van der Waals surface area contributed by atoms with Crippen LogP contribution in [0.15, 0.2) is 29.2 Å². The predicted molar refractivity (Wildman–Crippen MR) is 66.1 cm³/mol. The molecule has 1 saturated carbocycles. The van der Waals surface area contributed by atoms with Crippen LogP contribution in [0, 0.1) is 5.92 Å². The number of carboxylic acid groups (broad SMARTS) is 1. The molecule has 0 amide bonds. The van der Waals surface area contributed by atoms with Crippen molar-refractivity contribution in [2.45, 2.75) is 29.4 Å². The Hall–Kier alpha value is -0.670. The highest BCUT2D eigenvalue weighted by molar-refractivity contribution is 8.01. The highest BCUT2D eigenvalue weighted by Gasteiger charge is 2.51. The predicted octanol–water partition coefficient (Wildman–Crippen LogP) is 3.69. The molecule has 0 aliphatic heterocycles. The second kappa shape index (κ2) is 4.30. The van der Waals surface area contributed by atoms with Crippen LogP contribution in [0.25, 0.3) is 0 Å². The first-order valence-corrected chi connectivity index (χ1v) is 6.42. The molecule has 2 nitrogen and oxygen atoms in total. The van der Waals surface area contributed by atoms with Crippen LogP contribution in [-0.4, -0.2) is 15.8 Å². The molecule has 16 heavy (non-hydrogen) atoms. The second-order valence-electron chi connectivity index (χ2n) is 4.17. The molecule has 0 spiro atoms. The van der Waals surface area contributed by atoms with Gasteiger partial charge in [-0.05, 0) is 30.9 Å². The smallest absolute Gasteiger partial charge is 0.320 e. The molecule has 86 valence electrons. The first-order chi connectivity index (χ1) is 7.56. The monoisotopic (exact) mass is 256 g/mol. The summed E-state index contributed by atoms with van der Waals surface area (Å²) in [7, 11) is 0. The zero-order valence-electron chi connectivity index (χ0n) is 8.94. The zero-order valence-corrected chi connectivity index (χ0v) is 10.5. The van der Waals surface area contributed by atoms with Gasteiger partial charge in [-0.2, -0.15) is 0 Å².